The van der Waals surface area contributed by atoms with Crippen molar-refractivity contribution < 1.29 is 14.1 Å². The Bertz CT molecular complexity index is 440. The van der Waals surface area contributed by atoms with E-state index in [1.54, 1.807) is 0 Å². The molecule has 2 aliphatic rings. The molecule has 2 saturated heterocycles. The van der Waals surface area contributed by atoms with Crippen LogP contribution >= 0.6 is 0 Å². The molecule has 0 bridgehead atoms. The van der Waals surface area contributed by atoms with E-state index in [4.69, 9.17) is 9.26 Å². The lowest BCUT2D eigenvalue weighted by molar-refractivity contribution is -0.131. The Balaban J connectivity index is 1.64. The molecule has 1 aromatic heterocycles. The van der Waals surface area contributed by atoms with E-state index in [2.05, 4.69) is 10.1 Å². The number of hydrogen-bond donors (Lipinski definition) is 0. The van der Waals surface area contributed by atoms with Crippen LogP contribution in [0.2, 0.25) is 0 Å². The van der Waals surface area contributed by atoms with Crippen molar-refractivity contribution in [1.29, 1.82) is 0 Å². The molecule has 1 atom stereocenters. The van der Waals surface area contributed by atoms with Gasteiger partial charge in [0.15, 0.2) is 5.82 Å². The maximum Gasteiger partial charge on any atom is 0.246 e. The Hall–Kier alpha value is -1.43. The molecule has 104 valence electrons. The standard InChI is InChI=1S/C13H19N3O3/c17-12-4-2-1-3-6-16(12)8-11-14-13(15-19-11)10-5-7-18-9-10/h10H,1-9H2/t10-/m0/s1. The Morgan fingerprint density at radius 2 is 2.26 bits per heavy atom. The SMILES string of the molecule is O=C1CCCCCN1Cc1nc([C@H]2CCOC2)no1. The van der Waals surface area contributed by atoms with Crippen LogP contribution in [-0.2, 0) is 16.1 Å². The minimum absolute atomic E-state index is 0.196. The summed E-state index contributed by atoms with van der Waals surface area (Å²) in [6.07, 6.45) is 4.75. The fraction of sp³-hybridized carbons (Fsp3) is 0.769. The third-order valence-electron chi connectivity index (χ3n) is 3.78. The highest BCUT2D eigenvalue weighted by atomic mass is 16.5. The predicted octanol–water partition coefficient (Wildman–Crippen LogP) is 1.48. The Morgan fingerprint density at radius 1 is 1.32 bits per heavy atom. The van der Waals surface area contributed by atoms with Gasteiger partial charge in [0.05, 0.1) is 13.2 Å². The van der Waals surface area contributed by atoms with Crippen LogP contribution in [0.1, 0.15) is 49.7 Å². The molecule has 19 heavy (non-hydrogen) atoms. The molecule has 0 radical (unpaired) electrons. The van der Waals surface area contributed by atoms with Gasteiger partial charge in [-0.3, -0.25) is 4.79 Å². The summed E-state index contributed by atoms with van der Waals surface area (Å²) in [6.45, 7) is 2.67. The fourth-order valence-electron chi connectivity index (χ4n) is 2.61. The minimum atomic E-state index is 0.196. The summed E-state index contributed by atoms with van der Waals surface area (Å²) in [6, 6.07) is 0. The average molecular weight is 265 g/mol. The summed E-state index contributed by atoms with van der Waals surface area (Å²) in [5.41, 5.74) is 0. The van der Waals surface area contributed by atoms with Crippen LogP contribution in [-0.4, -0.2) is 40.7 Å². The molecule has 6 heteroatoms. The monoisotopic (exact) mass is 265 g/mol. The summed E-state index contributed by atoms with van der Waals surface area (Å²) >= 11 is 0. The van der Waals surface area contributed by atoms with Gasteiger partial charge in [-0.15, -0.1) is 0 Å². The number of nitrogens with zero attached hydrogens (tertiary/aromatic N) is 3. The number of rotatable bonds is 3. The number of carbonyl (C=O) groups is 1. The molecule has 0 saturated carbocycles. The second-order valence-electron chi connectivity index (χ2n) is 5.23. The van der Waals surface area contributed by atoms with E-state index >= 15 is 0 Å². The highest BCUT2D eigenvalue weighted by molar-refractivity contribution is 5.76. The van der Waals surface area contributed by atoms with Gasteiger partial charge in [-0.05, 0) is 19.3 Å². The van der Waals surface area contributed by atoms with E-state index in [-0.39, 0.29) is 11.8 Å². The van der Waals surface area contributed by atoms with Crippen LogP contribution in [0, 0.1) is 0 Å². The van der Waals surface area contributed by atoms with Crippen molar-refractivity contribution in [1.82, 2.24) is 15.0 Å². The van der Waals surface area contributed by atoms with Crippen LogP contribution in [0.3, 0.4) is 0 Å². The van der Waals surface area contributed by atoms with E-state index in [0.29, 0.717) is 25.5 Å². The topological polar surface area (TPSA) is 68.5 Å². The molecule has 0 aromatic carbocycles. The maximum atomic E-state index is 11.9. The first-order valence-corrected chi connectivity index (χ1v) is 7.01. The van der Waals surface area contributed by atoms with Crippen LogP contribution in [0.25, 0.3) is 0 Å². The smallest absolute Gasteiger partial charge is 0.246 e. The summed E-state index contributed by atoms with van der Waals surface area (Å²) in [5.74, 6) is 1.70. The zero-order chi connectivity index (χ0) is 13.1. The highest BCUT2D eigenvalue weighted by Crippen LogP contribution is 2.23. The minimum Gasteiger partial charge on any atom is -0.381 e. The molecule has 1 aromatic rings. The van der Waals surface area contributed by atoms with Crippen LogP contribution in [0.15, 0.2) is 4.52 Å². The van der Waals surface area contributed by atoms with Gasteiger partial charge in [0.1, 0.15) is 0 Å². The van der Waals surface area contributed by atoms with Crippen molar-refractivity contribution in [2.75, 3.05) is 19.8 Å². The average Bonchev–Trinajstić information content (AvgIpc) is 3.03. The molecular formula is C13H19N3O3. The molecule has 0 aliphatic carbocycles. The quantitative estimate of drug-likeness (QED) is 0.828. The van der Waals surface area contributed by atoms with Crippen molar-refractivity contribution in [2.24, 2.45) is 0 Å². The van der Waals surface area contributed by atoms with Crippen molar-refractivity contribution in [2.45, 2.75) is 44.6 Å². The van der Waals surface area contributed by atoms with Gasteiger partial charge in [0.2, 0.25) is 11.8 Å². The molecule has 3 heterocycles. The van der Waals surface area contributed by atoms with Gasteiger partial charge < -0.3 is 14.2 Å². The summed E-state index contributed by atoms with van der Waals surface area (Å²) in [5, 5.41) is 4.01. The summed E-state index contributed by atoms with van der Waals surface area (Å²) in [4.78, 5) is 18.1. The normalized spacial score (nSPS) is 24.7. The van der Waals surface area contributed by atoms with Crippen molar-refractivity contribution in [3.05, 3.63) is 11.7 Å². The van der Waals surface area contributed by atoms with E-state index in [0.717, 1.165) is 44.7 Å². The van der Waals surface area contributed by atoms with Gasteiger partial charge in [-0.2, -0.15) is 4.98 Å². The van der Waals surface area contributed by atoms with Crippen LogP contribution in [0.4, 0.5) is 0 Å². The number of ether oxygens (including phenoxy) is 1. The molecule has 0 spiro atoms. The van der Waals surface area contributed by atoms with Crippen molar-refractivity contribution >= 4 is 5.91 Å². The third kappa shape index (κ3) is 2.94. The summed E-state index contributed by atoms with van der Waals surface area (Å²) < 4.78 is 10.6. The molecular weight excluding hydrogens is 246 g/mol. The number of carbonyl (C=O) groups excluding carboxylic acids is 1. The van der Waals surface area contributed by atoms with Gasteiger partial charge in [-0.1, -0.05) is 11.6 Å². The van der Waals surface area contributed by atoms with Gasteiger partial charge >= 0.3 is 0 Å². The fourth-order valence-corrected chi connectivity index (χ4v) is 2.61. The second-order valence-corrected chi connectivity index (χ2v) is 5.23. The molecule has 6 nitrogen and oxygen atoms in total. The van der Waals surface area contributed by atoms with Crippen molar-refractivity contribution in [3.8, 4) is 0 Å². The highest BCUT2D eigenvalue weighted by Gasteiger charge is 2.24. The molecule has 0 unspecified atom stereocenters. The van der Waals surface area contributed by atoms with E-state index in [1.807, 2.05) is 4.90 Å². The predicted molar refractivity (Wildman–Crippen MR) is 66.4 cm³/mol. The third-order valence-corrected chi connectivity index (χ3v) is 3.78. The Morgan fingerprint density at radius 3 is 3.11 bits per heavy atom. The number of hydrogen-bond acceptors (Lipinski definition) is 5. The van der Waals surface area contributed by atoms with Crippen LogP contribution in [0.5, 0.6) is 0 Å². The first-order chi connectivity index (χ1) is 9.33. The van der Waals surface area contributed by atoms with E-state index < -0.39 is 0 Å². The van der Waals surface area contributed by atoms with Gasteiger partial charge in [0.25, 0.3) is 0 Å². The lowest BCUT2D eigenvalue weighted by Gasteiger charge is -2.17. The molecule has 0 N–H and O–H groups in total. The number of amides is 1. The van der Waals surface area contributed by atoms with Gasteiger partial charge in [0, 0.05) is 25.5 Å². The van der Waals surface area contributed by atoms with E-state index in [1.165, 1.54) is 0 Å². The largest absolute Gasteiger partial charge is 0.381 e. The van der Waals surface area contributed by atoms with Crippen LogP contribution < -0.4 is 0 Å². The number of aromatic nitrogens is 2. The Kier molecular flexibility index (Phi) is 3.77. The lowest BCUT2D eigenvalue weighted by Crippen LogP contribution is -2.29. The van der Waals surface area contributed by atoms with E-state index in [9.17, 15) is 4.79 Å². The maximum absolute atomic E-state index is 11.9. The van der Waals surface area contributed by atoms with Gasteiger partial charge in [-0.25, -0.2) is 0 Å². The zero-order valence-electron chi connectivity index (χ0n) is 11.0. The molecule has 1 amide bonds. The number of likely N-dealkylation sites (tertiary alicyclic amines) is 1. The Labute approximate surface area is 112 Å². The van der Waals surface area contributed by atoms with Crippen molar-refractivity contribution in [3.63, 3.8) is 0 Å². The molecule has 3 rings (SSSR count). The first kappa shape index (κ1) is 12.6. The molecule has 2 fully saturated rings. The molecule has 2 aliphatic heterocycles. The second kappa shape index (κ2) is 5.69. The summed E-state index contributed by atoms with van der Waals surface area (Å²) in [7, 11) is 0. The first-order valence-electron chi connectivity index (χ1n) is 7.01. The zero-order valence-corrected chi connectivity index (χ0v) is 11.0. The lowest BCUT2D eigenvalue weighted by atomic mass is 10.1.